The molecule has 0 heterocycles. The van der Waals surface area contributed by atoms with Crippen molar-refractivity contribution in [1.82, 2.24) is 0 Å². The van der Waals surface area contributed by atoms with Crippen LogP contribution in [0.1, 0.15) is 21.5 Å². The second-order valence-electron chi connectivity index (χ2n) is 6.36. The van der Waals surface area contributed by atoms with Crippen molar-refractivity contribution < 1.29 is 17.9 Å². The zero-order valence-corrected chi connectivity index (χ0v) is 17.3. The SMILES string of the molecule is COc1ccc(C(=O)/C(=C\c2ccc(Cl)cc2)S(=O)(=O)Cc2ccccc2)cc1. The van der Waals surface area contributed by atoms with Crippen LogP contribution in [0.3, 0.4) is 0 Å². The van der Waals surface area contributed by atoms with E-state index < -0.39 is 15.6 Å². The molecular weight excluding hydrogens is 408 g/mol. The maximum atomic E-state index is 13.2. The van der Waals surface area contributed by atoms with Crippen LogP contribution in [0.25, 0.3) is 6.08 Å². The van der Waals surface area contributed by atoms with Crippen LogP contribution in [0.2, 0.25) is 5.02 Å². The number of rotatable bonds is 7. The Bertz CT molecular complexity index is 1120. The number of allylic oxidation sites excluding steroid dienone is 1. The Kier molecular flexibility index (Phi) is 6.52. The van der Waals surface area contributed by atoms with E-state index in [1.165, 1.54) is 13.2 Å². The summed E-state index contributed by atoms with van der Waals surface area (Å²) >= 11 is 5.91. The Morgan fingerprint density at radius 3 is 2.14 bits per heavy atom. The fourth-order valence-electron chi connectivity index (χ4n) is 2.76. The number of sulfone groups is 1. The predicted octanol–water partition coefficient (Wildman–Crippen LogP) is 5.19. The summed E-state index contributed by atoms with van der Waals surface area (Å²) in [4.78, 5) is 12.9. The van der Waals surface area contributed by atoms with Crippen molar-refractivity contribution in [2.75, 3.05) is 7.11 Å². The van der Waals surface area contributed by atoms with Crippen molar-refractivity contribution >= 4 is 33.3 Å². The Balaban J connectivity index is 2.05. The molecule has 0 amide bonds. The maximum Gasteiger partial charge on any atom is 0.204 e. The molecule has 0 aliphatic rings. The quantitative estimate of drug-likeness (QED) is 0.385. The number of carbonyl (C=O) groups excluding carboxylic acids is 1. The van der Waals surface area contributed by atoms with Crippen molar-refractivity contribution in [2.45, 2.75) is 5.75 Å². The van der Waals surface area contributed by atoms with Crippen LogP contribution in [-0.4, -0.2) is 21.3 Å². The molecule has 0 saturated carbocycles. The summed E-state index contributed by atoms with van der Waals surface area (Å²) in [6.45, 7) is 0. The minimum atomic E-state index is -3.90. The summed E-state index contributed by atoms with van der Waals surface area (Å²) in [6.07, 6.45) is 1.39. The molecule has 0 aliphatic heterocycles. The van der Waals surface area contributed by atoms with E-state index in [1.54, 1.807) is 72.8 Å². The van der Waals surface area contributed by atoms with Crippen LogP contribution in [-0.2, 0) is 15.6 Å². The molecule has 4 nitrogen and oxygen atoms in total. The van der Waals surface area contributed by atoms with E-state index >= 15 is 0 Å². The van der Waals surface area contributed by atoms with E-state index in [1.807, 2.05) is 6.07 Å². The lowest BCUT2D eigenvalue weighted by molar-refractivity contribution is 0.104. The smallest absolute Gasteiger partial charge is 0.204 e. The lowest BCUT2D eigenvalue weighted by atomic mass is 10.1. The molecular formula is C23H19ClO4S. The van der Waals surface area contributed by atoms with Gasteiger partial charge < -0.3 is 4.74 Å². The van der Waals surface area contributed by atoms with Gasteiger partial charge >= 0.3 is 0 Å². The molecule has 29 heavy (non-hydrogen) atoms. The highest BCUT2D eigenvalue weighted by Gasteiger charge is 2.26. The summed E-state index contributed by atoms with van der Waals surface area (Å²) in [5, 5.41) is 0.525. The molecule has 0 bridgehead atoms. The van der Waals surface area contributed by atoms with Crippen LogP contribution in [0.15, 0.2) is 83.8 Å². The van der Waals surface area contributed by atoms with Gasteiger partial charge in [-0.25, -0.2) is 8.42 Å². The van der Waals surface area contributed by atoms with Crippen LogP contribution in [0, 0.1) is 0 Å². The van der Waals surface area contributed by atoms with Crippen molar-refractivity contribution in [3.05, 3.63) is 105 Å². The number of methoxy groups -OCH3 is 1. The zero-order valence-electron chi connectivity index (χ0n) is 15.7. The van der Waals surface area contributed by atoms with E-state index in [-0.39, 0.29) is 16.2 Å². The number of benzene rings is 3. The van der Waals surface area contributed by atoms with Gasteiger partial charge in [0.2, 0.25) is 5.78 Å². The minimum Gasteiger partial charge on any atom is -0.497 e. The molecule has 6 heteroatoms. The number of hydrogen-bond donors (Lipinski definition) is 0. The molecule has 0 spiro atoms. The lowest BCUT2D eigenvalue weighted by Crippen LogP contribution is -2.16. The van der Waals surface area contributed by atoms with Gasteiger partial charge in [-0.2, -0.15) is 0 Å². The number of halogens is 1. The third-order valence-corrected chi connectivity index (χ3v) is 6.22. The standard InChI is InChI=1S/C23H19ClO4S/c1-28-21-13-9-19(10-14-21)23(25)22(15-17-7-11-20(24)12-8-17)29(26,27)16-18-5-3-2-4-6-18/h2-15H,16H2,1H3/b22-15+. The predicted molar refractivity (Wildman–Crippen MR) is 116 cm³/mol. The number of carbonyl (C=O) groups is 1. The van der Waals surface area contributed by atoms with E-state index in [2.05, 4.69) is 0 Å². The lowest BCUT2D eigenvalue weighted by Gasteiger charge is -2.10. The van der Waals surface area contributed by atoms with Crippen LogP contribution >= 0.6 is 11.6 Å². The maximum absolute atomic E-state index is 13.2. The average Bonchev–Trinajstić information content (AvgIpc) is 2.73. The normalized spacial score (nSPS) is 11.9. The summed E-state index contributed by atoms with van der Waals surface area (Å²) in [6, 6.07) is 21.7. The van der Waals surface area contributed by atoms with Gasteiger partial charge in [0.15, 0.2) is 9.84 Å². The van der Waals surface area contributed by atoms with E-state index in [0.29, 0.717) is 21.9 Å². The van der Waals surface area contributed by atoms with Gasteiger partial charge in [0.25, 0.3) is 0 Å². The van der Waals surface area contributed by atoms with Gasteiger partial charge in [0.05, 0.1) is 12.9 Å². The molecule has 0 saturated heterocycles. The molecule has 0 radical (unpaired) electrons. The molecule has 3 aromatic rings. The third kappa shape index (κ3) is 5.34. The van der Waals surface area contributed by atoms with Gasteiger partial charge in [-0.3, -0.25) is 4.79 Å². The third-order valence-electron chi connectivity index (χ3n) is 4.28. The molecule has 3 rings (SSSR count). The van der Waals surface area contributed by atoms with E-state index in [0.717, 1.165) is 0 Å². The number of ketones is 1. The fraction of sp³-hybridized carbons (Fsp3) is 0.0870. The average molecular weight is 427 g/mol. The minimum absolute atomic E-state index is 0.266. The van der Waals surface area contributed by atoms with E-state index in [4.69, 9.17) is 16.3 Å². The number of ether oxygens (including phenoxy) is 1. The largest absolute Gasteiger partial charge is 0.497 e. The van der Waals surface area contributed by atoms with Gasteiger partial charge in [0.1, 0.15) is 10.7 Å². The number of Topliss-reactive ketones (excluding diaryl/α,β-unsaturated/α-hetero) is 1. The van der Waals surface area contributed by atoms with Crippen LogP contribution in [0.5, 0.6) is 5.75 Å². The second kappa shape index (κ2) is 9.07. The highest BCUT2D eigenvalue weighted by Crippen LogP contribution is 2.24. The van der Waals surface area contributed by atoms with E-state index in [9.17, 15) is 13.2 Å². The summed E-state index contributed by atoms with van der Waals surface area (Å²) in [7, 11) is -2.38. The summed E-state index contributed by atoms with van der Waals surface area (Å²) in [5.41, 5.74) is 1.45. The van der Waals surface area contributed by atoms with Gasteiger partial charge in [0, 0.05) is 10.6 Å². The Labute approximate surface area is 175 Å². The van der Waals surface area contributed by atoms with Crippen molar-refractivity contribution in [3.63, 3.8) is 0 Å². The molecule has 148 valence electrons. The second-order valence-corrected chi connectivity index (χ2v) is 8.76. The van der Waals surface area contributed by atoms with Crippen LogP contribution < -0.4 is 4.74 Å². The first-order chi connectivity index (χ1) is 13.9. The Hall–Kier alpha value is -2.89. The Morgan fingerprint density at radius 2 is 1.55 bits per heavy atom. The monoisotopic (exact) mass is 426 g/mol. The first-order valence-corrected chi connectivity index (χ1v) is 10.8. The van der Waals surface area contributed by atoms with Gasteiger partial charge in [-0.15, -0.1) is 0 Å². The highest BCUT2D eigenvalue weighted by molar-refractivity contribution is 7.95. The molecule has 0 fully saturated rings. The topological polar surface area (TPSA) is 60.4 Å². The summed E-state index contributed by atoms with van der Waals surface area (Å²) in [5.74, 6) is -0.259. The highest BCUT2D eigenvalue weighted by atomic mass is 35.5. The molecule has 0 aliphatic carbocycles. The molecule has 0 N–H and O–H groups in total. The van der Waals surface area contributed by atoms with Gasteiger partial charge in [-0.1, -0.05) is 54.1 Å². The van der Waals surface area contributed by atoms with Gasteiger partial charge in [-0.05, 0) is 53.6 Å². The van der Waals surface area contributed by atoms with Crippen molar-refractivity contribution in [2.24, 2.45) is 0 Å². The zero-order chi connectivity index (χ0) is 20.9. The van der Waals surface area contributed by atoms with Crippen LogP contribution in [0.4, 0.5) is 0 Å². The molecule has 0 atom stereocenters. The van der Waals surface area contributed by atoms with Crippen molar-refractivity contribution in [1.29, 1.82) is 0 Å². The molecule has 0 aromatic heterocycles. The first-order valence-electron chi connectivity index (χ1n) is 8.82. The fourth-order valence-corrected chi connectivity index (χ4v) is 4.39. The number of hydrogen-bond acceptors (Lipinski definition) is 4. The first kappa shape index (κ1) is 20.8. The van der Waals surface area contributed by atoms with Crippen molar-refractivity contribution in [3.8, 4) is 5.75 Å². The molecule has 3 aromatic carbocycles. The Morgan fingerprint density at radius 1 is 0.931 bits per heavy atom. The summed E-state index contributed by atoms with van der Waals surface area (Å²) < 4.78 is 31.4. The molecule has 0 unspecified atom stereocenters.